The number of carbonyl (C=O) groups excluding carboxylic acids is 2. The quantitative estimate of drug-likeness (QED) is 0.361. The first-order valence-corrected chi connectivity index (χ1v) is 13.6. The van der Waals surface area contributed by atoms with Crippen LogP contribution >= 0.6 is 0 Å². The van der Waals surface area contributed by atoms with Gasteiger partial charge in [-0.2, -0.15) is 0 Å². The molecular formula is C32H39N3O3. The molecule has 1 aliphatic heterocycles. The number of urea groups is 1. The summed E-state index contributed by atoms with van der Waals surface area (Å²) in [5.74, 6) is -0.351. The molecule has 4 rings (SSSR count). The predicted octanol–water partition coefficient (Wildman–Crippen LogP) is 5.63. The fraction of sp³-hybridized carbons (Fsp3) is 0.375. The Bertz CT molecular complexity index is 1130. The zero-order valence-corrected chi connectivity index (χ0v) is 22.6. The van der Waals surface area contributed by atoms with Crippen LogP contribution in [0.4, 0.5) is 4.79 Å². The number of amides is 3. The lowest BCUT2D eigenvalue weighted by molar-refractivity contribution is -0.140. The number of aliphatic hydroxyl groups is 1. The molecule has 38 heavy (non-hydrogen) atoms. The van der Waals surface area contributed by atoms with Gasteiger partial charge < -0.3 is 10.0 Å². The number of likely N-dealkylation sites (N-methyl/N-ethyl adjacent to an activating group) is 1. The van der Waals surface area contributed by atoms with Gasteiger partial charge in [-0.3, -0.25) is 14.6 Å². The molecule has 1 aliphatic rings. The molecule has 3 aromatic rings. The van der Waals surface area contributed by atoms with Gasteiger partial charge in [0.25, 0.3) is 5.91 Å². The second-order valence-corrected chi connectivity index (χ2v) is 10.2. The van der Waals surface area contributed by atoms with Crippen molar-refractivity contribution in [1.29, 1.82) is 0 Å². The molecule has 0 aliphatic carbocycles. The predicted molar refractivity (Wildman–Crippen MR) is 150 cm³/mol. The largest absolute Gasteiger partial charge is 0.391 e. The second-order valence-electron chi connectivity index (χ2n) is 10.2. The highest BCUT2D eigenvalue weighted by atomic mass is 16.3. The minimum absolute atomic E-state index is 0.195. The Hall–Kier alpha value is -3.48. The maximum Gasteiger partial charge on any atom is 0.327 e. The first-order chi connectivity index (χ1) is 18.4. The van der Waals surface area contributed by atoms with E-state index in [2.05, 4.69) is 6.92 Å². The normalized spacial score (nSPS) is 19.1. The van der Waals surface area contributed by atoms with E-state index in [1.807, 2.05) is 103 Å². The average molecular weight is 514 g/mol. The van der Waals surface area contributed by atoms with Crippen molar-refractivity contribution in [3.8, 4) is 0 Å². The van der Waals surface area contributed by atoms with E-state index in [9.17, 15) is 14.7 Å². The molecule has 0 unspecified atom stereocenters. The lowest BCUT2D eigenvalue weighted by atomic mass is 9.96. The molecule has 4 atom stereocenters. The summed E-state index contributed by atoms with van der Waals surface area (Å²) >= 11 is 0. The van der Waals surface area contributed by atoms with Crippen LogP contribution in [0.3, 0.4) is 0 Å². The lowest BCUT2D eigenvalue weighted by Crippen LogP contribution is -2.55. The summed E-state index contributed by atoms with van der Waals surface area (Å²) in [7, 11) is 1.74. The lowest BCUT2D eigenvalue weighted by Gasteiger charge is -2.37. The number of benzene rings is 3. The summed E-state index contributed by atoms with van der Waals surface area (Å²) in [5.41, 5.74) is 2.99. The Morgan fingerprint density at radius 3 is 1.89 bits per heavy atom. The monoisotopic (exact) mass is 513 g/mol. The molecule has 6 nitrogen and oxygen atoms in total. The third kappa shape index (κ3) is 6.14. The van der Waals surface area contributed by atoms with E-state index >= 15 is 0 Å². The van der Waals surface area contributed by atoms with E-state index in [1.54, 1.807) is 11.9 Å². The summed E-state index contributed by atoms with van der Waals surface area (Å²) in [4.78, 5) is 33.1. The number of aliphatic hydroxyl groups excluding tert-OH is 1. The molecule has 0 bridgehead atoms. The molecule has 1 saturated heterocycles. The van der Waals surface area contributed by atoms with Gasteiger partial charge >= 0.3 is 6.03 Å². The van der Waals surface area contributed by atoms with E-state index in [1.165, 1.54) is 4.90 Å². The summed E-state index contributed by atoms with van der Waals surface area (Å²) < 4.78 is 0. The van der Waals surface area contributed by atoms with Crippen LogP contribution in [-0.2, 0) is 17.9 Å². The molecule has 0 spiro atoms. The van der Waals surface area contributed by atoms with Crippen LogP contribution in [-0.4, -0.2) is 57.0 Å². The number of hydrogen-bond donors (Lipinski definition) is 1. The van der Waals surface area contributed by atoms with E-state index in [4.69, 9.17) is 0 Å². The third-order valence-electron chi connectivity index (χ3n) is 7.55. The fourth-order valence-corrected chi connectivity index (χ4v) is 5.37. The Morgan fingerprint density at radius 1 is 0.895 bits per heavy atom. The van der Waals surface area contributed by atoms with Crippen molar-refractivity contribution in [3.63, 3.8) is 0 Å². The van der Waals surface area contributed by atoms with Gasteiger partial charge in [0.2, 0.25) is 0 Å². The molecule has 1 N–H and O–H groups in total. The number of rotatable bonds is 11. The van der Waals surface area contributed by atoms with E-state index in [0.717, 1.165) is 29.5 Å². The minimum atomic E-state index is -0.916. The van der Waals surface area contributed by atoms with Crippen LogP contribution in [0.1, 0.15) is 55.8 Å². The Kier molecular flexibility index (Phi) is 9.32. The van der Waals surface area contributed by atoms with Gasteiger partial charge in [-0.1, -0.05) is 111 Å². The zero-order chi connectivity index (χ0) is 27.1. The molecule has 1 fully saturated rings. The number of imide groups is 1. The second kappa shape index (κ2) is 12.9. The van der Waals surface area contributed by atoms with Crippen molar-refractivity contribution in [3.05, 3.63) is 108 Å². The van der Waals surface area contributed by atoms with Crippen LogP contribution in [0.2, 0.25) is 0 Å². The number of nitrogens with zero attached hydrogens (tertiary/aromatic N) is 3. The summed E-state index contributed by atoms with van der Waals surface area (Å²) in [6, 6.07) is 27.8. The van der Waals surface area contributed by atoms with Crippen molar-refractivity contribution in [2.24, 2.45) is 0 Å². The minimum Gasteiger partial charge on any atom is -0.391 e. The fourth-order valence-electron chi connectivity index (χ4n) is 5.37. The van der Waals surface area contributed by atoms with Crippen LogP contribution in [0, 0.1) is 0 Å². The molecule has 0 radical (unpaired) electrons. The van der Waals surface area contributed by atoms with Crippen LogP contribution in [0.15, 0.2) is 91.0 Å². The van der Waals surface area contributed by atoms with Crippen LogP contribution < -0.4 is 0 Å². The number of unbranched alkanes of at least 4 members (excludes halogenated alkanes) is 1. The van der Waals surface area contributed by atoms with Crippen molar-refractivity contribution in [1.82, 2.24) is 14.7 Å². The van der Waals surface area contributed by atoms with Crippen LogP contribution in [0.5, 0.6) is 0 Å². The Labute approximate surface area is 226 Å². The zero-order valence-electron chi connectivity index (χ0n) is 22.6. The van der Waals surface area contributed by atoms with E-state index < -0.39 is 18.2 Å². The highest BCUT2D eigenvalue weighted by molar-refractivity contribution is 5.99. The van der Waals surface area contributed by atoms with Crippen molar-refractivity contribution < 1.29 is 14.7 Å². The summed E-state index contributed by atoms with van der Waals surface area (Å²) in [5, 5.41) is 11.6. The Morgan fingerprint density at radius 2 is 1.39 bits per heavy atom. The molecule has 1 heterocycles. The maximum atomic E-state index is 14.5. The number of hydrogen-bond acceptors (Lipinski definition) is 4. The smallest absolute Gasteiger partial charge is 0.327 e. The molecule has 3 aromatic carbocycles. The van der Waals surface area contributed by atoms with Crippen molar-refractivity contribution >= 4 is 11.9 Å². The van der Waals surface area contributed by atoms with Crippen molar-refractivity contribution in [2.45, 2.75) is 70.4 Å². The van der Waals surface area contributed by atoms with Crippen LogP contribution in [0.25, 0.3) is 0 Å². The Balaban J connectivity index is 1.76. The van der Waals surface area contributed by atoms with Gasteiger partial charge in [-0.05, 0) is 30.0 Å². The topological polar surface area (TPSA) is 64.1 Å². The van der Waals surface area contributed by atoms with Gasteiger partial charge in [-0.15, -0.1) is 0 Å². The van der Waals surface area contributed by atoms with Gasteiger partial charge in [0, 0.05) is 20.1 Å². The van der Waals surface area contributed by atoms with Gasteiger partial charge in [0.05, 0.1) is 18.2 Å². The number of carbonyl (C=O) groups is 2. The molecule has 3 amide bonds. The SMILES string of the molecule is CCCC[C@H](O)[C@H](C(=O)N1C(=O)N(C)[C@@H](C)[C@H]1c1ccccc1)N(Cc1ccccc1)Cc1ccccc1. The maximum absolute atomic E-state index is 14.5. The molecule has 6 heteroatoms. The van der Waals surface area contributed by atoms with Gasteiger partial charge in [0.15, 0.2) is 0 Å². The first-order valence-electron chi connectivity index (χ1n) is 13.6. The first kappa shape index (κ1) is 27.6. The molecule has 200 valence electrons. The third-order valence-corrected chi connectivity index (χ3v) is 7.55. The average Bonchev–Trinajstić information content (AvgIpc) is 3.17. The van der Waals surface area contributed by atoms with Gasteiger partial charge in [-0.25, -0.2) is 4.79 Å². The van der Waals surface area contributed by atoms with Gasteiger partial charge in [0.1, 0.15) is 6.04 Å². The molecule has 0 aromatic heterocycles. The highest BCUT2D eigenvalue weighted by Gasteiger charge is 2.49. The van der Waals surface area contributed by atoms with E-state index in [0.29, 0.717) is 19.5 Å². The molecular weight excluding hydrogens is 474 g/mol. The van der Waals surface area contributed by atoms with Crippen molar-refractivity contribution in [2.75, 3.05) is 7.05 Å². The summed E-state index contributed by atoms with van der Waals surface area (Å²) in [6.45, 7) is 4.98. The van der Waals surface area contributed by atoms with E-state index in [-0.39, 0.29) is 18.0 Å². The highest BCUT2D eigenvalue weighted by Crippen LogP contribution is 2.36. The molecule has 0 saturated carbocycles. The standard InChI is InChI=1S/C32H39N3O3/c1-4-5-21-28(36)30(34(22-25-15-9-6-10-16-25)23-26-17-11-7-12-18-26)31(37)35-29(24(2)33(3)32(35)38)27-19-13-8-14-20-27/h6-20,24,28-30,36H,4-5,21-23H2,1-3H3/t24-,28-,29-,30+/m0/s1. The summed E-state index contributed by atoms with van der Waals surface area (Å²) in [6.07, 6.45) is 1.27.